The van der Waals surface area contributed by atoms with Crippen LogP contribution in [0.5, 0.6) is 0 Å². The van der Waals surface area contributed by atoms with Crippen molar-refractivity contribution in [1.29, 1.82) is 0 Å². The van der Waals surface area contributed by atoms with Gasteiger partial charge in [0.05, 0.1) is 0 Å². The molecule has 1 aliphatic rings. The summed E-state index contributed by atoms with van der Waals surface area (Å²) in [7, 11) is 0. The summed E-state index contributed by atoms with van der Waals surface area (Å²) in [6.45, 7) is 2.92. The molecule has 0 saturated carbocycles. The summed E-state index contributed by atoms with van der Waals surface area (Å²) in [6.07, 6.45) is 6.50. The topological polar surface area (TPSA) is 59.2 Å². The smallest absolute Gasteiger partial charge is 0.254 e. The number of aryl methyl sites for hydroxylation is 1. The maximum Gasteiger partial charge on any atom is 0.254 e. The quantitative estimate of drug-likeness (QED) is 0.504. The van der Waals surface area contributed by atoms with Crippen molar-refractivity contribution < 1.29 is 9.32 Å². The van der Waals surface area contributed by atoms with Gasteiger partial charge < -0.3 is 9.42 Å². The molecule has 1 amide bonds. The van der Waals surface area contributed by atoms with Gasteiger partial charge in [-0.1, -0.05) is 67.4 Å². The van der Waals surface area contributed by atoms with Crippen LogP contribution >= 0.6 is 0 Å². The molecule has 4 rings (SSSR count). The molecule has 0 bridgehead atoms. The van der Waals surface area contributed by atoms with Gasteiger partial charge >= 0.3 is 0 Å². The molecule has 2 aromatic carbocycles. The number of likely N-dealkylation sites (tertiary alicyclic amines) is 1. The highest BCUT2D eigenvalue weighted by Gasteiger charge is 2.34. The second-order valence-electron chi connectivity index (χ2n) is 7.63. The molecule has 2 heterocycles. The first-order chi connectivity index (χ1) is 14.3. The minimum absolute atomic E-state index is 0.0343. The number of aromatic nitrogens is 2. The van der Waals surface area contributed by atoms with E-state index in [4.69, 9.17) is 4.52 Å². The summed E-state index contributed by atoms with van der Waals surface area (Å²) < 4.78 is 5.54. The van der Waals surface area contributed by atoms with Crippen molar-refractivity contribution in [3.8, 4) is 11.4 Å². The van der Waals surface area contributed by atoms with E-state index in [1.165, 1.54) is 24.8 Å². The van der Waals surface area contributed by atoms with Gasteiger partial charge in [-0.05, 0) is 43.4 Å². The van der Waals surface area contributed by atoms with E-state index in [-0.39, 0.29) is 11.9 Å². The standard InChI is InChI=1S/C24H27N3O2/c1-2-3-5-9-18-13-15-20(16-14-18)24(28)27-17-8-12-21(27)23-25-22(26-29-23)19-10-6-4-7-11-19/h4,6-7,10-11,13-16,21H,2-3,5,8-9,12,17H2,1H3/t21-/m1/s1. The Bertz CT molecular complexity index is 934. The third kappa shape index (κ3) is 4.39. The van der Waals surface area contributed by atoms with Gasteiger partial charge in [0.2, 0.25) is 11.7 Å². The third-order valence-corrected chi connectivity index (χ3v) is 5.54. The number of hydrogen-bond donors (Lipinski definition) is 0. The Morgan fingerprint density at radius 1 is 1.10 bits per heavy atom. The molecule has 0 radical (unpaired) electrons. The number of hydrogen-bond acceptors (Lipinski definition) is 4. The summed E-state index contributed by atoms with van der Waals surface area (Å²) in [6, 6.07) is 17.6. The first-order valence-electron chi connectivity index (χ1n) is 10.5. The Labute approximate surface area is 171 Å². The molecule has 3 aromatic rings. The second kappa shape index (κ2) is 9.03. The van der Waals surface area contributed by atoms with E-state index in [2.05, 4.69) is 29.2 Å². The molecule has 29 heavy (non-hydrogen) atoms. The summed E-state index contributed by atoms with van der Waals surface area (Å²) in [5.74, 6) is 1.12. The predicted molar refractivity (Wildman–Crippen MR) is 112 cm³/mol. The fourth-order valence-electron chi connectivity index (χ4n) is 3.90. The monoisotopic (exact) mass is 389 g/mol. The Morgan fingerprint density at radius 3 is 2.66 bits per heavy atom. The van der Waals surface area contributed by atoms with Crippen LogP contribution in [-0.2, 0) is 6.42 Å². The molecule has 0 spiro atoms. The SMILES string of the molecule is CCCCCc1ccc(C(=O)N2CCC[C@@H]2c2nc(-c3ccccc3)no2)cc1. The first kappa shape index (κ1) is 19.4. The normalized spacial score (nSPS) is 16.3. The zero-order chi connectivity index (χ0) is 20.1. The van der Waals surface area contributed by atoms with Gasteiger partial charge in [-0.3, -0.25) is 4.79 Å². The molecule has 0 N–H and O–H groups in total. The molecule has 5 heteroatoms. The van der Waals surface area contributed by atoms with Crippen LogP contribution in [0.15, 0.2) is 59.1 Å². The Morgan fingerprint density at radius 2 is 1.90 bits per heavy atom. The highest BCUT2D eigenvalue weighted by atomic mass is 16.5. The molecule has 1 aliphatic heterocycles. The van der Waals surface area contributed by atoms with Gasteiger partial charge in [0, 0.05) is 17.7 Å². The Balaban J connectivity index is 1.47. The van der Waals surface area contributed by atoms with Crippen molar-refractivity contribution in [2.75, 3.05) is 6.54 Å². The van der Waals surface area contributed by atoms with Crippen molar-refractivity contribution in [1.82, 2.24) is 15.0 Å². The largest absolute Gasteiger partial charge is 0.337 e. The zero-order valence-electron chi connectivity index (χ0n) is 16.9. The summed E-state index contributed by atoms with van der Waals surface area (Å²) in [5, 5.41) is 4.12. The number of benzene rings is 2. The fourth-order valence-corrected chi connectivity index (χ4v) is 3.90. The molecule has 0 aliphatic carbocycles. The molecule has 150 valence electrons. The van der Waals surface area contributed by atoms with Crippen LogP contribution < -0.4 is 0 Å². The van der Waals surface area contributed by atoms with Crippen molar-refractivity contribution in [2.45, 2.75) is 51.5 Å². The lowest BCUT2D eigenvalue weighted by Gasteiger charge is -2.22. The van der Waals surface area contributed by atoms with Gasteiger partial charge in [-0.25, -0.2) is 0 Å². The van der Waals surface area contributed by atoms with Crippen LogP contribution in [-0.4, -0.2) is 27.5 Å². The van der Waals surface area contributed by atoms with E-state index in [9.17, 15) is 4.79 Å². The average molecular weight is 389 g/mol. The number of carbonyl (C=O) groups is 1. The fraction of sp³-hybridized carbons (Fsp3) is 0.375. The van der Waals surface area contributed by atoms with E-state index in [0.717, 1.165) is 30.4 Å². The average Bonchev–Trinajstić information content (AvgIpc) is 3.44. The molecular weight excluding hydrogens is 362 g/mol. The minimum atomic E-state index is -0.156. The van der Waals surface area contributed by atoms with Crippen LogP contribution in [0.3, 0.4) is 0 Å². The molecule has 1 saturated heterocycles. The van der Waals surface area contributed by atoms with Crippen molar-refractivity contribution >= 4 is 5.91 Å². The molecule has 5 nitrogen and oxygen atoms in total. The van der Waals surface area contributed by atoms with E-state index in [1.54, 1.807) is 0 Å². The van der Waals surface area contributed by atoms with Crippen molar-refractivity contribution in [3.05, 3.63) is 71.6 Å². The van der Waals surface area contributed by atoms with Crippen LogP contribution in [0.4, 0.5) is 0 Å². The van der Waals surface area contributed by atoms with E-state index >= 15 is 0 Å². The summed E-state index contributed by atoms with van der Waals surface area (Å²) in [5.41, 5.74) is 2.92. The van der Waals surface area contributed by atoms with Crippen LogP contribution in [0.25, 0.3) is 11.4 Å². The van der Waals surface area contributed by atoms with Gasteiger partial charge in [0.1, 0.15) is 6.04 Å². The summed E-state index contributed by atoms with van der Waals surface area (Å²) >= 11 is 0. The number of unbranched alkanes of at least 4 members (excludes halogenated alkanes) is 2. The van der Waals surface area contributed by atoms with Gasteiger partial charge in [0.25, 0.3) is 5.91 Å². The summed E-state index contributed by atoms with van der Waals surface area (Å²) in [4.78, 5) is 19.6. The number of nitrogens with zero attached hydrogens (tertiary/aromatic N) is 3. The lowest BCUT2D eigenvalue weighted by Crippen LogP contribution is -2.30. The van der Waals surface area contributed by atoms with Gasteiger partial charge in [-0.2, -0.15) is 4.98 Å². The van der Waals surface area contributed by atoms with Gasteiger partial charge in [0.15, 0.2) is 0 Å². The van der Waals surface area contributed by atoms with Crippen LogP contribution in [0.2, 0.25) is 0 Å². The van der Waals surface area contributed by atoms with Crippen LogP contribution in [0, 0.1) is 0 Å². The number of carbonyl (C=O) groups excluding carboxylic acids is 1. The lowest BCUT2D eigenvalue weighted by molar-refractivity contribution is 0.0710. The van der Waals surface area contributed by atoms with E-state index < -0.39 is 0 Å². The highest BCUT2D eigenvalue weighted by molar-refractivity contribution is 5.94. The van der Waals surface area contributed by atoms with Crippen LogP contribution in [0.1, 0.15) is 66.9 Å². The molecule has 1 atom stereocenters. The zero-order valence-corrected chi connectivity index (χ0v) is 16.9. The Kier molecular flexibility index (Phi) is 6.03. The lowest BCUT2D eigenvalue weighted by atomic mass is 10.0. The molecule has 0 unspecified atom stereocenters. The van der Waals surface area contributed by atoms with Gasteiger partial charge in [-0.15, -0.1) is 0 Å². The first-order valence-corrected chi connectivity index (χ1v) is 10.5. The maximum atomic E-state index is 13.1. The van der Waals surface area contributed by atoms with Crippen molar-refractivity contribution in [2.24, 2.45) is 0 Å². The highest BCUT2D eigenvalue weighted by Crippen LogP contribution is 2.33. The number of rotatable bonds is 7. The third-order valence-electron chi connectivity index (χ3n) is 5.54. The maximum absolute atomic E-state index is 13.1. The van der Waals surface area contributed by atoms with Crippen molar-refractivity contribution in [3.63, 3.8) is 0 Å². The molecule has 1 fully saturated rings. The predicted octanol–water partition coefficient (Wildman–Crippen LogP) is 5.45. The second-order valence-corrected chi connectivity index (χ2v) is 7.63. The van der Waals surface area contributed by atoms with E-state index in [1.807, 2.05) is 47.4 Å². The molecule has 1 aromatic heterocycles. The number of amides is 1. The Hall–Kier alpha value is -2.95. The minimum Gasteiger partial charge on any atom is -0.337 e. The molecular formula is C24H27N3O2. The van der Waals surface area contributed by atoms with E-state index in [0.29, 0.717) is 18.3 Å².